The van der Waals surface area contributed by atoms with Crippen molar-refractivity contribution in [1.82, 2.24) is 0 Å². The van der Waals surface area contributed by atoms with Crippen molar-refractivity contribution < 1.29 is 0 Å². The minimum atomic E-state index is 0.341. The highest BCUT2D eigenvalue weighted by Crippen LogP contribution is 2.34. The molecule has 13 heavy (non-hydrogen) atoms. The fraction of sp³-hybridized carbons (Fsp3) is 0.0769. The van der Waals surface area contributed by atoms with Crippen LogP contribution in [0.15, 0.2) is 55.1 Å². The maximum Gasteiger partial charge on any atom is 0.0272 e. The van der Waals surface area contributed by atoms with Crippen LogP contribution in [0.5, 0.6) is 0 Å². The molecule has 1 aliphatic rings. The summed E-state index contributed by atoms with van der Waals surface area (Å²) in [6, 6.07) is 8.40. The molecule has 0 radical (unpaired) electrons. The van der Waals surface area contributed by atoms with E-state index in [1.807, 2.05) is 6.08 Å². The Kier molecular flexibility index (Phi) is 1.90. The van der Waals surface area contributed by atoms with Gasteiger partial charge in [0.05, 0.1) is 0 Å². The van der Waals surface area contributed by atoms with Crippen LogP contribution in [0.4, 0.5) is 0 Å². The molecule has 1 unspecified atom stereocenters. The van der Waals surface area contributed by atoms with Crippen LogP contribution in [0.3, 0.4) is 0 Å². The lowest BCUT2D eigenvalue weighted by Gasteiger charge is -2.10. The quantitative estimate of drug-likeness (QED) is 0.592. The van der Waals surface area contributed by atoms with Gasteiger partial charge in [-0.1, -0.05) is 55.7 Å². The second-order valence-electron chi connectivity index (χ2n) is 3.24. The highest BCUT2D eigenvalue weighted by Gasteiger charge is 2.16. The van der Waals surface area contributed by atoms with Gasteiger partial charge in [-0.3, -0.25) is 0 Å². The molecular weight excluding hydrogens is 156 g/mol. The highest BCUT2D eigenvalue weighted by molar-refractivity contribution is 5.65. The fourth-order valence-electron chi connectivity index (χ4n) is 1.70. The average molecular weight is 168 g/mol. The van der Waals surface area contributed by atoms with Crippen molar-refractivity contribution in [3.8, 4) is 0 Å². The largest absolute Gasteiger partial charge is 0.0988 e. The Morgan fingerprint density at radius 1 is 1.31 bits per heavy atom. The third-order valence-corrected chi connectivity index (χ3v) is 2.46. The van der Waals surface area contributed by atoms with E-state index >= 15 is 0 Å². The van der Waals surface area contributed by atoms with Gasteiger partial charge in [0, 0.05) is 5.92 Å². The van der Waals surface area contributed by atoms with Crippen LogP contribution in [0.25, 0.3) is 6.08 Å². The zero-order chi connectivity index (χ0) is 9.26. The van der Waals surface area contributed by atoms with E-state index in [2.05, 4.69) is 49.6 Å². The SMILES string of the molecule is C=CC(=C)C1C=Cc2ccccc21. The number of fused-ring (bicyclic) bond motifs is 1. The Labute approximate surface area is 78.9 Å². The second-order valence-corrected chi connectivity index (χ2v) is 3.24. The van der Waals surface area contributed by atoms with Crippen molar-refractivity contribution in [1.29, 1.82) is 0 Å². The third-order valence-electron chi connectivity index (χ3n) is 2.46. The zero-order valence-electron chi connectivity index (χ0n) is 7.53. The van der Waals surface area contributed by atoms with Gasteiger partial charge in [0.15, 0.2) is 0 Å². The van der Waals surface area contributed by atoms with Crippen LogP contribution in [-0.4, -0.2) is 0 Å². The molecule has 0 saturated carbocycles. The number of hydrogen-bond donors (Lipinski definition) is 0. The standard InChI is InChI=1S/C13H12/c1-3-10(2)12-9-8-11-6-4-5-7-13(11)12/h3-9,12H,1-2H2. The minimum absolute atomic E-state index is 0.341. The fourth-order valence-corrected chi connectivity index (χ4v) is 1.70. The Morgan fingerprint density at radius 3 is 2.85 bits per heavy atom. The summed E-state index contributed by atoms with van der Waals surface area (Å²) in [5.41, 5.74) is 3.71. The smallest absolute Gasteiger partial charge is 0.0272 e. The number of rotatable bonds is 2. The Bertz CT molecular complexity index is 383. The monoisotopic (exact) mass is 168 g/mol. The normalized spacial score (nSPS) is 18.3. The summed E-state index contributed by atoms with van der Waals surface area (Å²) < 4.78 is 0. The zero-order valence-corrected chi connectivity index (χ0v) is 7.53. The number of benzene rings is 1. The number of hydrogen-bond acceptors (Lipinski definition) is 0. The molecule has 0 aliphatic heterocycles. The predicted octanol–water partition coefficient (Wildman–Crippen LogP) is 3.54. The van der Waals surface area contributed by atoms with E-state index in [9.17, 15) is 0 Å². The van der Waals surface area contributed by atoms with Gasteiger partial charge in [-0.15, -0.1) is 0 Å². The summed E-state index contributed by atoms with van der Waals surface area (Å²) in [6.07, 6.45) is 6.15. The molecule has 0 heterocycles. The third kappa shape index (κ3) is 1.25. The lowest BCUT2D eigenvalue weighted by atomic mass is 9.94. The Morgan fingerprint density at radius 2 is 2.08 bits per heavy atom. The van der Waals surface area contributed by atoms with Crippen LogP contribution in [-0.2, 0) is 0 Å². The van der Waals surface area contributed by atoms with Gasteiger partial charge in [-0.05, 0) is 16.7 Å². The van der Waals surface area contributed by atoms with Crippen LogP contribution in [0, 0.1) is 0 Å². The Hall–Kier alpha value is -1.56. The van der Waals surface area contributed by atoms with Gasteiger partial charge in [-0.25, -0.2) is 0 Å². The van der Waals surface area contributed by atoms with E-state index in [0.29, 0.717) is 5.92 Å². The molecule has 1 aromatic carbocycles. The van der Waals surface area contributed by atoms with Crippen molar-refractivity contribution in [3.05, 3.63) is 66.3 Å². The summed E-state index contributed by atoms with van der Waals surface area (Å²) in [4.78, 5) is 0. The van der Waals surface area contributed by atoms with E-state index in [-0.39, 0.29) is 0 Å². The van der Waals surface area contributed by atoms with Crippen LogP contribution in [0.2, 0.25) is 0 Å². The van der Waals surface area contributed by atoms with E-state index in [1.165, 1.54) is 11.1 Å². The molecule has 0 nitrogen and oxygen atoms in total. The van der Waals surface area contributed by atoms with Crippen LogP contribution in [0.1, 0.15) is 17.0 Å². The molecule has 1 aromatic rings. The lowest BCUT2D eigenvalue weighted by molar-refractivity contribution is 1.06. The average Bonchev–Trinajstić information content (AvgIpc) is 2.60. The van der Waals surface area contributed by atoms with Gasteiger partial charge in [-0.2, -0.15) is 0 Å². The molecule has 0 aromatic heterocycles. The van der Waals surface area contributed by atoms with Crippen molar-refractivity contribution in [3.63, 3.8) is 0 Å². The summed E-state index contributed by atoms with van der Waals surface area (Å²) in [5.74, 6) is 0.341. The molecule has 0 spiro atoms. The molecule has 0 bridgehead atoms. The molecule has 0 heteroatoms. The Balaban J connectivity index is 2.44. The van der Waals surface area contributed by atoms with Gasteiger partial charge < -0.3 is 0 Å². The molecule has 0 N–H and O–H groups in total. The number of allylic oxidation sites excluding steroid dienone is 3. The molecule has 1 atom stereocenters. The van der Waals surface area contributed by atoms with Crippen molar-refractivity contribution in [2.24, 2.45) is 0 Å². The predicted molar refractivity (Wildman–Crippen MR) is 57.6 cm³/mol. The van der Waals surface area contributed by atoms with Gasteiger partial charge in [0.25, 0.3) is 0 Å². The molecule has 2 rings (SSSR count). The first-order chi connectivity index (χ1) is 6.33. The van der Waals surface area contributed by atoms with Crippen LogP contribution < -0.4 is 0 Å². The molecule has 0 amide bonds. The molecular formula is C13H12. The van der Waals surface area contributed by atoms with Gasteiger partial charge >= 0.3 is 0 Å². The summed E-state index contributed by atoms with van der Waals surface area (Å²) in [6.45, 7) is 7.73. The maximum absolute atomic E-state index is 3.98. The first-order valence-corrected chi connectivity index (χ1v) is 4.41. The van der Waals surface area contributed by atoms with E-state index < -0.39 is 0 Å². The van der Waals surface area contributed by atoms with Crippen molar-refractivity contribution in [2.75, 3.05) is 0 Å². The topological polar surface area (TPSA) is 0 Å². The van der Waals surface area contributed by atoms with E-state index in [0.717, 1.165) is 5.57 Å². The van der Waals surface area contributed by atoms with Crippen LogP contribution >= 0.6 is 0 Å². The first-order valence-electron chi connectivity index (χ1n) is 4.41. The molecule has 64 valence electrons. The van der Waals surface area contributed by atoms with Gasteiger partial charge in [0.1, 0.15) is 0 Å². The maximum atomic E-state index is 3.98. The molecule has 0 fully saturated rings. The van der Waals surface area contributed by atoms with Gasteiger partial charge in [0.2, 0.25) is 0 Å². The molecule has 0 saturated heterocycles. The van der Waals surface area contributed by atoms with E-state index in [1.54, 1.807) is 0 Å². The molecule has 1 aliphatic carbocycles. The summed E-state index contributed by atoms with van der Waals surface area (Å²) in [7, 11) is 0. The first kappa shape index (κ1) is 8.06. The van der Waals surface area contributed by atoms with E-state index in [4.69, 9.17) is 0 Å². The van der Waals surface area contributed by atoms with Crippen molar-refractivity contribution in [2.45, 2.75) is 5.92 Å². The highest BCUT2D eigenvalue weighted by atomic mass is 14.2. The summed E-state index contributed by atoms with van der Waals surface area (Å²) in [5, 5.41) is 0. The van der Waals surface area contributed by atoms with Crippen molar-refractivity contribution >= 4 is 6.08 Å². The summed E-state index contributed by atoms with van der Waals surface area (Å²) >= 11 is 0. The lowest BCUT2D eigenvalue weighted by Crippen LogP contribution is -1.93. The second kappa shape index (κ2) is 3.06. The minimum Gasteiger partial charge on any atom is -0.0988 e.